The van der Waals surface area contributed by atoms with Gasteiger partial charge < -0.3 is 10.1 Å². The molecule has 1 unspecified atom stereocenters. The Kier molecular flexibility index (Phi) is 4.74. The van der Waals surface area contributed by atoms with Gasteiger partial charge in [0.05, 0.1) is 10.8 Å². The van der Waals surface area contributed by atoms with Crippen molar-refractivity contribution in [2.24, 2.45) is 0 Å². The van der Waals surface area contributed by atoms with Gasteiger partial charge in [-0.3, -0.25) is 9.00 Å². The van der Waals surface area contributed by atoms with E-state index in [1.54, 1.807) is 0 Å². The quantitative estimate of drug-likeness (QED) is 0.903. The van der Waals surface area contributed by atoms with Crippen molar-refractivity contribution in [2.45, 2.75) is 5.16 Å². The molecular weight excluding hydrogens is 305 g/mol. The highest BCUT2D eigenvalue weighted by Crippen LogP contribution is 2.15. The highest BCUT2D eigenvalue weighted by Gasteiger charge is 2.10. The number of carbonyl (C=O) groups excluding carboxylic acids is 1. The Balaban J connectivity index is 1.85. The van der Waals surface area contributed by atoms with Gasteiger partial charge in [0.1, 0.15) is 5.82 Å². The van der Waals surface area contributed by atoms with Crippen molar-refractivity contribution in [1.29, 1.82) is 0 Å². The molecule has 1 amide bonds. The number of nitrogens with zero attached hydrogens (tertiary/aromatic N) is 2. The molecule has 106 valence electrons. The van der Waals surface area contributed by atoms with Gasteiger partial charge in [-0.1, -0.05) is 0 Å². The lowest BCUT2D eigenvalue weighted by atomic mass is 10.3. The molecule has 0 bridgehead atoms. The molecule has 0 aliphatic rings. The number of carbonyl (C=O) groups is 1. The minimum Gasteiger partial charge on any atom is -0.459 e. The normalized spacial score (nSPS) is 11.9. The third kappa shape index (κ3) is 4.07. The Labute approximate surface area is 120 Å². The smallest absolute Gasteiger partial charge is 0.294 e. The van der Waals surface area contributed by atoms with E-state index in [-0.39, 0.29) is 22.8 Å². The van der Waals surface area contributed by atoms with E-state index in [4.69, 9.17) is 4.74 Å². The fourth-order valence-electron chi connectivity index (χ4n) is 1.23. The summed E-state index contributed by atoms with van der Waals surface area (Å²) in [7, 11) is -1.28. The second-order valence-corrected chi connectivity index (χ2v) is 5.63. The van der Waals surface area contributed by atoms with Crippen LogP contribution >= 0.6 is 11.5 Å². The molecular formula is C11H10FN3O3S2. The van der Waals surface area contributed by atoms with E-state index >= 15 is 0 Å². The van der Waals surface area contributed by atoms with Crippen molar-refractivity contribution in [3.05, 3.63) is 30.1 Å². The molecule has 1 aromatic heterocycles. The van der Waals surface area contributed by atoms with E-state index in [0.717, 1.165) is 11.5 Å². The molecule has 0 saturated heterocycles. The summed E-state index contributed by atoms with van der Waals surface area (Å²) >= 11 is 0.922. The molecule has 0 saturated carbocycles. The zero-order valence-electron chi connectivity index (χ0n) is 10.3. The van der Waals surface area contributed by atoms with Gasteiger partial charge in [0, 0.05) is 23.5 Å². The van der Waals surface area contributed by atoms with Crippen LogP contribution in [0.5, 0.6) is 5.19 Å². The van der Waals surface area contributed by atoms with Crippen LogP contribution in [0.25, 0.3) is 0 Å². The minimum atomic E-state index is -1.28. The van der Waals surface area contributed by atoms with Crippen LogP contribution in [0.4, 0.5) is 10.1 Å². The zero-order chi connectivity index (χ0) is 14.5. The number of hydrogen-bond donors (Lipinski definition) is 1. The number of nitrogens with one attached hydrogen (secondary N) is 1. The van der Waals surface area contributed by atoms with Gasteiger partial charge in [-0.15, -0.1) is 0 Å². The monoisotopic (exact) mass is 315 g/mol. The first-order chi connectivity index (χ1) is 9.54. The summed E-state index contributed by atoms with van der Waals surface area (Å²) in [5.41, 5.74) is 0.465. The van der Waals surface area contributed by atoms with E-state index in [9.17, 15) is 13.4 Å². The number of amides is 1. The van der Waals surface area contributed by atoms with Crippen LogP contribution in [0.15, 0.2) is 29.4 Å². The first-order valence-electron chi connectivity index (χ1n) is 5.40. The second kappa shape index (κ2) is 6.53. The van der Waals surface area contributed by atoms with Crippen molar-refractivity contribution in [2.75, 3.05) is 18.2 Å². The molecule has 2 rings (SSSR count). The molecule has 1 aromatic carbocycles. The maximum atomic E-state index is 12.7. The second-order valence-electron chi connectivity index (χ2n) is 3.64. The van der Waals surface area contributed by atoms with Crippen LogP contribution in [0, 0.1) is 5.82 Å². The largest absolute Gasteiger partial charge is 0.459 e. The standard InChI is InChI=1S/C11H10FN3O3S2/c1-20(17)10-14-11(19-15-10)18-6-9(16)13-8-4-2-7(12)3-5-8/h2-5H,6H2,1H3,(H,13,16). The van der Waals surface area contributed by atoms with Crippen LogP contribution in [0.1, 0.15) is 0 Å². The van der Waals surface area contributed by atoms with Crippen molar-refractivity contribution in [3.8, 4) is 5.19 Å². The number of rotatable bonds is 5. The first-order valence-corrected chi connectivity index (χ1v) is 7.73. The van der Waals surface area contributed by atoms with Crippen molar-refractivity contribution < 1.29 is 18.1 Å². The molecule has 1 N–H and O–H groups in total. The summed E-state index contributed by atoms with van der Waals surface area (Å²) in [4.78, 5) is 15.4. The van der Waals surface area contributed by atoms with E-state index < -0.39 is 16.7 Å². The number of ether oxygens (including phenoxy) is 1. The predicted molar refractivity (Wildman–Crippen MR) is 72.8 cm³/mol. The summed E-state index contributed by atoms with van der Waals surface area (Å²) in [6, 6.07) is 5.36. The van der Waals surface area contributed by atoms with E-state index in [2.05, 4.69) is 14.7 Å². The molecule has 6 nitrogen and oxygen atoms in total. The maximum Gasteiger partial charge on any atom is 0.294 e. The lowest BCUT2D eigenvalue weighted by molar-refractivity contribution is -0.118. The molecule has 0 radical (unpaired) electrons. The molecule has 2 aromatic rings. The number of halogens is 1. The Hall–Kier alpha value is -1.87. The van der Waals surface area contributed by atoms with Gasteiger partial charge >= 0.3 is 0 Å². The highest BCUT2D eigenvalue weighted by molar-refractivity contribution is 7.84. The van der Waals surface area contributed by atoms with Crippen LogP contribution < -0.4 is 10.1 Å². The molecule has 20 heavy (non-hydrogen) atoms. The molecule has 1 atom stereocenters. The summed E-state index contributed by atoms with van der Waals surface area (Å²) in [5.74, 6) is -0.792. The van der Waals surface area contributed by atoms with Crippen LogP contribution in [-0.4, -0.2) is 32.3 Å². The first kappa shape index (κ1) is 14.5. The summed E-state index contributed by atoms with van der Waals surface area (Å²) in [6.45, 7) is -0.262. The predicted octanol–water partition coefficient (Wildman–Crippen LogP) is 1.43. The van der Waals surface area contributed by atoms with E-state index in [1.165, 1.54) is 30.5 Å². The lowest BCUT2D eigenvalue weighted by Gasteiger charge is -2.04. The van der Waals surface area contributed by atoms with E-state index in [1.807, 2.05) is 0 Å². The molecule has 0 aliphatic heterocycles. The van der Waals surface area contributed by atoms with Gasteiger partial charge in [-0.2, -0.15) is 9.36 Å². The van der Waals surface area contributed by atoms with Crippen LogP contribution in [-0.2, 0) is 15.6 Å². The highest BCUT2D eigenvalue weighted by atomic mass is 32.2. The molecule has 0 spiro atoms. The number of anilines is 1. The summed E-state index contributed by atoms with van der Waals surface area (Å²) < 4.78 is 32.7. The molecule has 0 fully saturated rings. The third-order valence-corrected chi connectivity index (χ3v) is 3.54. The van der Waals surface area contributed by atoms with Crippen LogP contribution in [0.2, 0.25) is 0 Å². The summed E-state index contributed by atoms with van der Waals surface area (Å²) in [5, 5.41) is 2.88. The Morgan fingerprint density at radius 1 is 1.45 bits per heavy atom. The fraction of sp³-hybridized carbons (Fsp3) is 0.182. The third-order valence-electron chi connectivity index (χ3n) is 2.10. The van der Waals surface area contributed by atoms with E-state index in [0.29, 0.717) is 5.69 Å². The number of benzene rings is 1. The molecule has 1 heterocycles. The van der Waals surface area contributed by atoms with Crippen molar-refractivity contribution >= 4 is 33.9 Å². The molecule has 0 aliphatic carbocycles. The number of aromatic nitrogens is 2. The Morgan fingerprint density at radius 2 is 2.15 bits per heavy atom. The van der Waals surface area contributed by atoms with Gasteiger partial charge in [0.2, 0.25) is 5.16 Å². The maximum absolute atomic E-state index is 12.7. The Bertz CT molecular complexity index is 630. The van der Waals surface area contributed by atoms with Gasteiger partial charge in [-0.05, 0) is 24.3 Å². The lowest BCUT2D eigenvalue weighted by Crippen LogP contribution is -2.20. The molecule has 9 heteroatoms. The average molecular weight is 315 g/mol. The topological polar surface area (TPSA) is 81.2 Å². The Morgan fingerprint density at radius 3 is 2.75 bits per heavy atom. The average Bonchev–Trinajstić information content (AvgIpc) is 2.88. The van der Waals surface area contributed by atoms with Gasteiger partial charge in [-0.25, -0.2) is 4.39 Å². The minimum absolute atomic E-state index is 0.170. The SMILES string of the molecule is CS(=O)c1nsc(OCC(=O)Nc2ccc(F)cc2)n1. The number of hydrogen-bond acceptors (Lipinski definition) is 6. The fourth-order valence-corrected chi connectivity index (χ4v) is 2.47. The van der Waals surface area contributed by atoms with Crippen LogP contribution in [0.3, 0.4) is 0 Å². The summed E-state index contributed by atoms with van der Waals surface area (Å²) in [6.07, 6.45) is 1.45. The van der Waals surface area contributed by atoms with Gasteiger partial charge in [0.15, 0.2) is 6.61 Å². The van der Waals surface area contributed by atoms with Gasteiger partial charge in [0.25, 0.3) is 11.1 Å². The van der Waals surface area contributed by atoms with Crippen molar-refractivity contribution in [1.82, 2.24) is 9.36 Å². The van der Waals surface area contributed by atoms with Crippen molar-refractivity contribution in [3.63, 3.8) is 0 Å². The zero-order valence-corrected chi connectivity index (χ0v) is 12.0.